The van der Waals surface area contributed by atoms with Crippen LogP contribution in [0, 0.1) is 6.92 Å². The van der Waals surface area contributed by atoms with E-state index in [0.717, 1.165) is 76.0 Å². The van der Waals surface area contributed by atoms with Gasteiger partial charge in [0.15, 0.2) is 0 Å². The number of ether oxygens (including phenoxy) is 2. The standard InChI is InChI=1S/C34H46N4O4/c1-24-29-10-3-4-11-30(29)38(18-8-19-41-2)33(24)26-9-7-17-37(23-26)32(39)22-27(35)21-25-13-15-28(16-14-25)36-34(40)31-12-5-6-20-42-31/h3-4,10-11,13-16,26-27,31H,5-9,12,17-23,35H2,1-2H3,(H,36,40). The summed E-state index contributed by atoms with van der Waals surface area (Å²) in [6, 6.07) is 16.1. The lowest BCUT2D eigenvalue weighted by Gasteiger charge is -2.34. The molecule has 3 heterocycles. The summed E-state index contributed by atoms with van der Waals surface area (Å²) in [7, 11) is 1.75. The minimum atomic E-state index is -0.366. The Kier molecular flexibility index (Phi) is 10.3. The number of nitrogens with zero attached hydrogens (tertiary/aromatic N) is 2. The lowest BCUT2D eigenvalue weighted by atomic mass is 9.91. The van der Waals surface area contributed by atoms with Crippen molar-refractivity contribution in [3.63, 3.8) is 0 Å². The van der Waals surface area contributed by atoms with Crippen LogP contribution in [0.1, 0.15) is 67.7 Å². The van der Waals surface area contributed by atoms with Gasteiger partial charge in [-0.2, -0.15) is 0 Å². The average molecular weight is 575 g/mol. The van der Waals surface area contributed by atoms with Crippen molar-refractivity contribution in [1.29, 1.82) is 0 Å². The molecule has 0 aliphatic carbocycles. The molecule has 5 rings (SSSR count). The number of fused-ring (bicyclic) bond motifs is 1. The van der Waals surface area contributed by atoms with Crippen LogP contribution in [-0.2, 0) is 32.0 Å². The van der Waals surface area contributed by atoms with Crippen molar-refractivity contribution in [2.45, 2.75) is 82.9 Å². The predicted octanol–water partition coefficient (Wildman–Crippen LogP) is 5.16. The first-order valence-electron chi connectivity index (χ1n) is 15.6. The number of nitrogens with one attached hydrogen (secondary N) is 1. The number of para-hydroxylation sites is 1. The van der Waals surface area contributed by atoms with Crippen molar-refractivity contribution in [3.8, 4) is 0 Å². The molecule has 42 heavy (non-hydrogen) atoms. The van der Waals surface area contributed by atoms with Gasteiger partial charge in [-0.15, -0.1) is 0 Å². The van der Waals surface area contributed by atoms with E-state index in [1.54, 1.807) is 7.11 Å². The molecule has 226 valence electrons. The molecule has 0 bridgehead atoms. The van der Waals surface area contributed by atoms with Gasteiger partial charge in [0.2, 0.25) is 5.91 Å². The second-order valence-corrected chi connectivity index (χ2v) is 11.9. The number of anilines is 1. The maximum atomic E-state index is 13.4. The molecule has 8 heteroatoms. The molecule has 0 saturated carbocycles. The van der Waals surface area contributed by atoms with E-state index in [4.69, 9.17) is 15.2 Å². The summed E-state index contributed by atoms with van der Waals surface area (Å²) >= 11 is 0. The van der Waals surface area contributed by atoms with Crippen LogP contribution in [0.4, 0.5) is 5.69 Å². The Labute approximate surface area is 249 Å². The Morgan fingerprint density at radius 2 is 1.90 bits per heavy atom. The average Bonchev–Trinajstić information content (AvgIpc) is 3.30. The highest BCUT2D eigenvalue weighted by Crippen LogP contribution is 2.36. The first-order valence-corrected chi connectivity index (χ1v) is 15.6. The fraction of sp³-hybridized carbons (Fsp3) is 0.529. The summed E-state index contributed by atoms with van der Waals surface area (Å²) in [5, 5.41) is 4.25. The fourth-order valence-electron chi connectivity index (χ4n) is 6.68. The van der Waals surface area contributed by atoms with E-state index in [1.165, 1.54) is 22.2 Å². The minimum Gasteiger partial charge on any atom is -0.385 e. The number of carbonyl (C=O) groups excluding carboxylic acids is 2. The van der Waals surface area contributed by atoms with Crippen molar-refractivity contribution < 1.29 is 19.1 Å². The topological polar surface area (TPSA) is 98.8 Å². The van der Waals surface area contributed by atoms with Crippen LogP contribution >= 0.6 is 0 Å². The first kappa shape index (κ1) is 30.3. The molecule has 0 radical (unpaired) electrons. The van der Waals surface area contributed by atoms with E-state index in [9.17, 15) is 9.59 Å². The molecule has 2 aliphatic rings. The smallest absolute Gasteiger partial charge is 0.253 e. The summed E-state index contributed by atoms with van der Waals surface area (Å²) in [4.78, 5) is 27.9. The van der Waals surface area contributed by atoms with Crippen molar-refractivity contribution >= 4 is 28.4 Å². The molecule has 0 spiro atoms. The molecule has 1 aromatic heterocycles. The Morgan fingerprint density at radius 1 is 1.10 bits per heavy atom. The van der Waals surface area contributed by atoms with Crippen LogP contribution < -0.4 is 11.1 Å². The van der Waals surface area contributed by atoms with Crippen molar-refractivity contribution in [1.82, 2.24) is 9.47 Å². The van der Waals surface area contributed by atoms with Crippen molar-refractivity contribution in [3.05, 3.63) is 65.4 Å². The summed E-state index contributed by atoms with van der Waals surface area (Å²) < 4.78 is 13.4. The van der Waals surface area contributed by atoms with Crippen LogP contribution in [0.5, 0.6) is 0 Å². The van der Waals surface area contributed by atoms with Crippen molar-refractivity contribution in [2.75, 3.05) is 38.7 Å². The van der Waals surface area contributed by atoms with Crippen LogP contribution in [0.15, 0.2) is 48.5 Å². The van der Waals surface area contributed by atoms with Crippen LogP contribution in [0.2, 0.25) is 0 Å². The van der Waals surface area contributed by atoms with E-state index in [2.05, 4.69) is 41.1 Å². The molecule has 3 atom stereocenters. The number of nitrogens with two attached hydrogens (primary N) is 1. The van der Waals surface area contributed by atoms with Crippen LogP contribution in [0.25, 0.3) is 10.9 Å². The SMILES string of the molecule is COCCCn1c(C2CCCN(C(=O)CC(N)Cc3ccc(NC(=O)C4CCCCO4)cc3)C2)c(C)c2ccccc21. The summed E-state index contributed by atoms with van der Waals surface area (Å²) in [5.74, 6) is 0.342. The molecule has 3 aromatic rings. The third-order valence-electron chi connectivity index (χ3n) is 8.79. The monoisotopic (exact) mass is 574 g/mol. The number of piperidine rings is 1. The fourth-order valence-corrected chi connectivity index (χ4v) is 6.68. The molecular formula is C34H46N4O4. The van der Waals surface area contributed by atoms with E-state index < -0.39 is 0 Å². The number of benzene rings is 2. The molecule has 3 N–H and O–H groups in total. The van der Waals surface area contributed by atoms with Gasteiger partial charge in [-0.05, 0) is 81.2 Å². The van der Waals surface area contributed by atoms with Gasteiger partial charge in [0.25, 0.3) is 5.91 Å². The van der Waals surface area contributed by atoms with E-state index >= 15 is 0 Å². The Balaban J connectivity index is 1.18. The highest BCUT2D eigenvalue weighted by Gasteiger charge is 2.30. The highest BCUT2D eigenvalue weighted by molar-refractivity contribution is 5.94. The number of carbonyl (C=O) groups is 2. The van der Waals surface area contributed by atoms with Gasteiger partial charge in [-0.3, -0.25) is 9.59 Å². The highest BCUT2D eigenvalue weighted by atomic mass is 16.5. The molecule has 2 saturated heterocycles. The van der Waals surface area contributed by atoms with Gasteiger partial charge >= 0.3 is 0 Å². The van der Waals surface area contributed by atoms with Gasteiger partial charge in [-0.25, -0.2) is 0 Å². The first-order chi connectivity index (χ1) is 20.4. The van der Waals surface area contributed by atoms with Crippen molar-refractivity contribution in [2.24, 2.45) is 5.73 Å². The molecule has 3 unspecified atom stereocenters. The summed E-state index contributed by atoms with van der Waals surface area (Å²) in [6.07, 6.45) is 6.38. The molecule has 8 nitrogen and oxygen atoms in total. The zero-order valence-electron chi connectivity index (χ0n) is 25.1. The lowest BCUT2D eigenvalue weighted by Crippen LogP contribution is -2.42. The minimum absolute atomic E-state index is 0.0879. The van der Waals surface area contributed by atoms with Gasteiger partial charge < -0.3 is 30.0 Å². The Bertz CT molecular complexity index is 1350. The zero-order valence-corrected chi connectivity index (χ0v) is 25.1. The zero-order chi connectivity index (χ0) is 29.5. The number of likely N-dealkylation sites (tertiary alicyclic amines) is 1. The number of hydrogen-bond donors (Lipinski definition) is 2. The van der Waals surface area contributed by atoms with Gasteiger partial charge in [0, 0.05) is 80.6 Å². The maximum Gasteiger partial charge on any atom is 0.253 e. The molecule has 2 aliphatic heterocycles. The van der Waals surface area contributed by atoms with E-state index in [-0.39, 0.29) is 24.0 Å². The number of methoxy groups -OCH3 is 1. The summed E-state index contributed by atoms with van der Waals surface area (Å²) in [5.41, 5.74) is 12.2. The number of hydrogen-bond acceptors (Lipinski definition) is 5. The largest absolute Gasteiger partial charge is 0.385 e. The molecule has 2 fully saturated rings. The third-order valence-corrected chi connectivity index (χ3v) is 8.79. The quantitative estimate of drug-likeness (QED) is 0.308. The lowest BCUT2D eigenvalue weighted by molar-refractivity contribution is -0.133. The number of amides is 2. The third kappa shape index (κ3) is 7.22. The summed E-state index contributed by atoms with van der Waals surface area (Å²) in [6.45, 7) is 6.01. The molecular weight excluding hydrogens is 528 g/mol. The second-order valence-electron chi connectivity index (χ2n) is 11.9. The number of aromatic nitrogens is 1. The second kappa shape index (κ2) is 14.3. The normalized spacial score (nSPS) is 20.0. The van der Waals surface area contributed by atoms with Gasteiger partial charge in [0.05, 0.1) is 0 Å². The van der Waals surface area contributed by atoms with E-state index in [0.29, 0.717) is 25.4 Å². The Morgan fingerprint density at radius 3 is 2.67 bits per heavy atom. The van der Waals surface area contributed by atoms with Crippen LogP contribution in [-0.4, -0.2) is 66.8 Å². The van der Waals surface area contributed by atoms with Crippen LogP contribution in [0.3, 0.4) is 0 Å². The maximum absolute atomic E-state index is 13.4. The van der Waals surface area contributed by atoms with Gasteiger partial charge in [-0.1, -0.05) is 30.3 Å². The molecule has 2 aromatic carbocycles. The Hall–Kier alpha value is -3.20. The van der Waals surface area contributed by atoms with E-state index in [1.807, 2.05) is 29.2 Å². The number of rotatable bonds is 11. The predicted molar refractivity (Wildman–Crippen MR) is 167 cm³/mol. The van der Waals surface area contributed by atoms with Gasteiger partial charge in [0.1, 0.15) is 6.10 Å². The number of aryl methyl sites for hydroxylation is 2. The molecule has 2 amide bonds.